The van der Waals surface area contributed by atoms with E-state index in [2.05, 4.69) is 11.9 Å². The minimum atomic E-state index is -0.700. The Hall–Kier alpha value is -4.67. The van der Waals surface area contributed by atoms with Gasteiger partial charge in [-0.25, -0.2) is 9.78 Å². The van der Waals surface area contributed by atoms with Crippen LogP contribution in [0.15, 0.2) is 52.4 Å². The van der Waals surface area contributed by atoms with Crippen molar-refractivity contribution in [2.45, 2.75) is 60.4 Å². The van der Waals surface area contributed by atoms with Crippen LogP contribution in [0.2, 0.25) is 0 Å². The van der Waals surface area contributed by atoms with Crippen molar-refractivity contribution in [2.75, 3.05) is 26.4 Å². The zero-order valence-electron chi connectivity index (χ0n) is 25.3. The molecule has 0 aliphatic heterocycles. The quantitative estimate of drug-likeness (QED) is 0.122. The van der Waals surface area contributed by atoms with E-state index in [4.69, 9.17) is 23.9 Å². The maximum absolute atomic E-state index is 13.9. The van der Waals surface area contributed by atoms with Gasteiger partial charge in [0.1, 0.15) is 16.9 Å². The minimum absolute atomic E-state index is 0.00465. The molecule has 11 heteroatoms. The molecule has 4 rings (SSSR count). The number of hydrogen-bond acceptors (Lipinski definition) is 8. The summed E-state index contributed by atoms with van der Waals surface area (Å²) in [5.74, 6) is -0.261. The lowest BCUT2D eigenvalue weighted by atomic mass is 10.1. The fourth-order valence-electron chi connectivity index (χ4n) is 4.76. The van der Waals surface area contributed by atoms with Crippen molar-refractivity contribution in [3.05, 3.63) is 69.6 Å². The second-order valence-corrected chi connectivity index (χ2v) is 9.56. The molecule has 0 N–H and O–H groups in total. The van der Waals surface area contributed by atoms with Gasteiger partial charge in [-0.3, -0.25) is 14.0 Å². The zero-order chi connectivity index (χ0) is 30.9. The molecule has 3 aromatic heterocycles. The summed E-state index contributed by atoms with van der Waals surface area (Å²) in [4.78, 5) is 49.9. The average molecular weight is 591 g/mol. The summed E-state index contributed by atoms with van der Waals surface area (Å²) in [5, 5.41) is 0.216. The second-order valence-electron chi connectivity index (χ2n) is 9.56. The van der Waals surface area contributed by atoms with Gasteiger partial charge in [0.2, 0.25) is 5.75 Å². The minimum Gasteiger partial charge on any atom is -0.490 e. The number of esters is 1. The first-order chi connectivity index (χ1) is 20.9. The van der Waals surface area contributed by atoms with E-state index < -0.39 is 11.9 Å². The molecule has 0 radical (unpaired) electrons. The van der Waals surface area contributed by atoms with Crippen molar-refractivity contribution in [2.24, 2.45) is 4.99 Å². The van der Waals surface area contributed by atoms with Crippen LogP contribution in [0.1, 0.15) is 74.6 Å². The molecule has 0 saturated heterocycles. The Bertz CT molecular complexity index is 1730. The predicted octanol–water partition coefficient (Wildman–Crippen LogP) is 4.95. The third-order valence-electron chi connectivity index (χ3n) is 6.63. The Labute approximate surface area is 249 Å². The van der Waals surface area contributed by atoms with Gasteiger partial charge >= 0.3 is 5.97 Å². The van der Waals surface area contributed by atoms with Crippen LogP contribution >= 0.6 is 0 Å². The Morgan fingerprint density at radius 2 is 1.58 bits per heavy atom. The number of aryl methyl sites for hydroxylation is 1. The first-order valence-corrected chi connectivity index (χ1v) is 14.8. The van der Waals surface area contributed by atoms with E-state index in [1.165, 1.54) is 10.5 Å². The molecule has 0 aliphatic rings. The zero-order valence-corrected chi connectivity index (χ0v) is 25.3. The standard InChI is InChI=1S/C32H38N4O7/c1-6-11-13-17-36-28-22(31(38)35-16-14-12-15-26(35)33-28)20-23(32(39)43-10-5)29(36)34-30(37)21-18-24(40-7-2)27(42-9-4)25(19-21)41-8-3/h12,14-16,18-20H,6-11,13,17H2,1-5H3. The van der Waals surface area contributed by atoms with Gasteiger partial charge in [-0.05, 0) is 64.4 Å². The van der Waals surface area contributed by atoms with Gasteiger partial charge in [0.15, 0.2) is 17.0 Å². The van der Waals surface area contributed by atoms with Gasteiger partial charge < -0.3 is 23.5 Å². The van der Waals surface area contributed by atoms with Gasteiger partial charge in [0.05, 0.1) is 31.8 Å². The van der Waals surface area contributed by atoms with Crippen molar-refractivity contribution in [3.8, 4) is 17.2 Å². The lowest BCUT2D eigenvalue weighted by Gasteiger charge is -2.17. The Morgan fingerprint density at radius 1 is 0.884 bits per heavy atom. The number of pyridine rings is 2. The molecule has 0 bridgehead atoms. The number of rotatable bonds is 13. The summed E-state index contributed by atoms with van der Waals surface area (Å²) < 4.78 is 25.8. The topological polar surface area (TPSA) is 123 Å². The van der Waals surface area contributed by atoms with Crippen LogP contribution in [0.4, 0.5) is 0 Å². The molecule has 0 saturated carbocycles. The Morgan fingerprint density at radius 3 is 2.21 bits per heavy atom. The highest BCUT2D eigenvalue weighted by Gasteiger charge is 2.22. The molecule has 0 fully saturated rings. The third-order valence-corrected chi connectivity index (χ3v) is 6.63. The number of aromatic nitrogens is 3. The van der Waals surface area contributed by atoms with Gasteiger partial charge in [-0.15, -0.1) is 0 Å². The van der Waals surface area contributed by atoms with Crippen LogP contribution in [0.3, 0.4) is 0 Å². The van der Waals surface area contributed by atoms with Crippen molar-refractivity contribution >= 4 is 28.6 Å². The molecule has 11 nitrogen and oxygen atoms in total. The molecular weight excluding hydrogens is 552 g/mol. The van der Waals surface area contributed by atoms with Gasteiger partial charge in [-0.1, -0.05) is 25.8 Å². The molecular formula is C32H38N4O7. The van der Waals surface area contributed by atoms with E-state index in [0.717, 1.165) is 12.8 Å². The highest BCUT2D eigenvalue weighted by atomic mass is 16.5. The lowest BCUT2D eigenvalue weighted by Crippen LogP contribution is -2.33. The fraction of sp³-hybridized carbons (Fsp3) is 0.406. The highest BCUT2D eigenvalue weighted by molar-refractivity contribution is 5.98. The Kier molecular flexibility index (Phi) is 10.5. The summed E-state index contributed by atoms with van der Waals surface area (Å²) in [5.41, 5.74) is 0.640. The summed E-state index contributed by atoms with van der Waals surface area (Å²) in [6.07, 6.45) is 4.15. The van der Waals surface area contributed by atoms with E-state index in [9.17, 15) is 14.4 Å². The first kappa shape index (κ1) is 31.3. The number of fused-ring (bicyclic) bond motifs is 2. The smallest absolute Gasteiger partial charge is 0.341 e. The van der Waals surface area contributed by atoms with Crippen LogP contribution in [0.5, 0.6) is 17.2 Å². The van der Waals surface area contributed by atoms with E-state index in [1.807, 2.05) is 20.8 Å². The number of carbonyl (C=O) groups is 2. The molecule has 3 heterocycles. The molecule has 1 aromatic carbocycles. The normalized spacial score (nSPS) is 11.6. The van der Waals surface area contributed by atoms with Crippen molar-refractivity contribution in [1.29, 1.82) is 0 Å². The molecule has 0 spiro atoms. The van der Waals surface area contributed by atoms with Crippen LogP contribution in [0.25, 0.3) is 16.7 Å². The van der Waals surface area contributed by atoms with E-state index >= 15 is 0 Å². The van der Waals surface area contributed by atoms with E-state index in [-0.39, 0.29) is 34.2 Å². The molecule has 0 unspecified atom stereocenters. The molecule has 43 heavy (non-hydrogen) atoms. The number of amides is 1. The van der Waals surface area contributed by atoms with Crippen molar-refractivity contribution in [1.82, 2.24) is 14.0 Å². The maximum Gasteiger partial charge on any atom is 0.341 e. The van der Waals surface area contributed by atoms with E-state index in [1.54, 1.807) is 48.0 Å². The molecule has 4 aromatic rings. The van der Waals surface area contributed by atoms with Crippen LogP contribution in [-0.2, 0) is 11.3 Å². The summed E-state index contributed by atoms with van der Waals surface area (Å²) >= 11 is 0. The summed E-state index contributed by atoms with van der Waals surface area (Å²) in [7, 11) is 0. The summed E-state index contributed by atoms with van der Waals surface area (Å²) in [6.45, 7) is 10.8. The SMILES string of the molecule is CCCCCn1c(=NC(=O)c2cc(OCC)c(OCC)c(OCC)c2)c(C(=O)OCC)cc2c(=O)n3ccccc3nc21. The Balaban J connectivity index is 2.05. The molecule has 228 valence electrons. The van der Waals surface area contributed by atoms with Crippen LogP contribution in [-0.4, -0.2) is 52.3 Å². The van der Waals surface area contributed by atoms with Gasteiger partial charge in [0, 0.05) is 18.3 Å². The van der Waals surface area contributed by atoms with Crippen LogP contribution in [0, 0.1) is 0 Å². The largest absolute Gasteiger partial charge is 0.490 e. The average Bonchev–Trinajstić information content (AvgIpc) is 3.00. The number of unbranched alkanes of at least 4 members (excludes halogenated alkanes) is 2. The van der Waals surface area contributed by atoms with E-state index in [0.29, 0.717) is 61.3 Å². The van der Waals surface area contributed by atoms with Crippen molar-refractivity contribution < 1.29 is 28.5 Å². The first-order valence-electron chi connectivity index (χ1n) is 14.8. The number of carbonyl (C=O) groups excluding carboxylic acids is 2. The second kappa shape index (κ2) is 14.5. The number of hydrogen-bond donors (Lipinski definition) is 0. The summed E-state index contributed by atoms with van der Waals surface area (Å²) in [6, 6.07) is 9.76. The number of nitrogens with zero attached hydrogens (tertiary/aromatic N) is 4. The van der Waals surface area contributed by atoms with Crippen LogP contribution < -0.4 is 25.3 Å². The number of benzene rings is 1. The van der Waals surface area contributed by atoms with Crippen molar-refractivity contribution in [3.63, 3.8) is 0 Å². The van der Waals surface area contributed by atoms with Gasteiger partial charge in [0.25, 0.3) is 11.5 Å². The predicted molar refractivity (Wildman–Crippen MR) is 162 cm³/mol. The lowest BCUT2D eigenvalue weighted by molar-refractivity contribution is 0.0523. The number of ether oxygens (including phenoxy) is 4. The maximum atomic E-state index is 13.9. The fourth-order valence-corrected chi connectivity index (χ4v) is 4.76. The molecule has 0 aliphatic carbocycles. The molecule has 1 amide bonds. The monoisotopic (exact) mass is 590 g/mol. The molecule has 0 atom stereocenters. The third kappa shape index (κ3) is 6.71. The van der Waals surface area contributed by atoms with Gasteiger partial charge in [-0.2, -0.15) is 4.99 Å². The highest BCUT2D eigenvalue weighted by Crippen LogP contribution is 2.39.